The zero-order valence-corrected chi connectivity index (χ0v) is 23.5. The number of carbonyl (C=O) groups is 2. The third-order valence-corrected chi connectivity index (χ3v) is 8.41. The van der Waals surface area contributed by atoms with Crippen molar-refractivity contribution in [2.75, 3.05) is 26.6 Å². The molecule has 2 atom stereocenters. The van der Waals surface area contributed by atoms with Crippen molar-refractivity contribution in [1.29, 1.82) is 0 Å². The molecule has 2 aliphatic rings. The van der Waals surface area contributed by atoms with Crippen LogP contribution in [0, 0.1) is 6.92 Å². The Bertz CT molecular complexity index is 1480. The molecule has 1 amide bonds. The summed E-state index contributed by atoms with van der Waals surface area (Å²) in [5.74, 6) is 1.36. The van der Waals surface area contributed by atoms with Crippen LogP contribution in [-0.2, 0) is 9.59 Å². The van der Waals surface area contributed by atoms with Crippen LogP contribution in [0.25, 0.3) is 0 Å². The number of hydrogen-bond donors (Lipinski definition) is 2. The van der Waals surface area contributed by atoms with E-state index in [1.807, 2.05) is 44.2 Å². The number of dihydropyridines is 1. The number of allylic oxidation sites excluding steroid dienone is 3. The molecule has 39 heavy (non-hydrogen) atoms. The maximum Gasteiger partial charge on any atom is 0.254 e. The lowest BCUT2D eigenvalue weighted by Gasteiger charge is -2.36. The predicted molar refractivity (Wildman–Crippen MR) is 153 cm³/mol. The maximum absolute atomic E-state index is 13.9. The molecule has 5 rings (SSSR count). The van der Waals surface area contributed by atoms with Gasteiger partial charge in [0.25, 0.3) is 5.91 Å². The summed E-state index contributed by atoms with van der Waals surface area (Å²) in [6.45, 7) is 3.94. The van der Waals surface area contributed by atoms with Crippen molar-refractivity contribution >= 4 is 28.7 Å². The van der Waals surface area contributed by atoms with E-state index in [-0.39, 0.29) is 17.6 Å². The summed E-state index contributed by atoms with van der Waals surface area (Å²) in [5, 5.41) is 6.47. The number of methoxy groups -OCH3 is 3. The lowest BCUT2D eigenvalue weighted by Crippen LogP contribution is -2.36. The number of amides is 1. The van der Waals surface area contributed by atoms with Crippen LogP contribution in [-0.4, -0.2) is 33.0 Å². The lowest BCUT2D eigenvalue weighted by molar-refractivity contribution is -0.116. The Morgan fingerprint density at radius 3 is 2.31 bits per heavy atom. The number of aryl methyl sites for hydroxylation is 1. The fourth-order valence-electron chi connectivity index (χ4n) is 5.45. The molecule has 2 N–H and O–H groups in total. The van der Waals surface area contributed by atoms with E-state index in [1.165, 1.54) is 0 Å². The van der Waals surface area contributed by atoms with Crippen LogP contribution in [0.1, 0.15) is 46.9 Å². The van der Waals surface area contributed by atoms with Gasteiger partial charge < -0.3 is 24.8 Å². The Morgan fingerprint density at radius 2 is 1.67 bits per heavy atom. The zero-order valence-electron chi connectivity index (χ0n) is 22.7. The van der Waals surface area contributed by atoms with Crippen LogP contribution >= 0.6 is 11.3 Å². The first kappa shape index (κ1) is 26.6. The molecule has 0 radical (unpaired) electrons. The minimum Gasteiger partial charge on any atom is -0.497 e. The van der Waals surface area contributed by atoms with Crippen molar-refractivity contribution < 1.29 is 23.8 Å². The Morgan fingerprint density at radius 1 is 0.923 bits per heavy atom. The topological polar surface area (TPSA) is 85.9 Å². The van der Waals surface area contributed by atoms with E-state index >= 15 is 0 Å². The van der Waals surface area contributed by atoms with Crippen LogP contribution in [0.5, 0.6) is 17.2 Å². The van der Waals surface area contributed by atoms with E-state index in [4.69, 9.17) is 14.2 Å². The molecule has 0 bridgehead atoms. The molecule has 2 aromatic carbocycles. The molecule has 7 nitrogen and oxygen atoms in total. The Kier molecular flexibility index (Phi) is 7.48. The molecule has 3 aromatic rings. The number of anilines is 1. The average molecular weight is 545 g/mol. The van der Waals surface area contributed by atoms with Gasteiger partial charge in [0.15, 0.2) is 17.3 Å². The summed E-state index contributed by atoms with van der Waals surface area (Å²) >= 11 is 1.62. The minimum absolute atomic E-state index is 0.0169. The van der Waals surface area contributed by atoms with E-state index in [0.717, 1.165) is 26.7 Å². The standard InChI is InChI=1S/C31H32N2O5S/c1-17-6-13-27(39-17)30-28(31(35)33-21-8-10-22(36-3)11-9-21)18(2)32-23-14-20(15-24(34)29(23)30)19-7-12-25(37-4)26(16-19)38-5/h6-13,16,20,30,32H,14-15H2,1-5H3,(H,33,35)/t20-,30-/m0/s1. The molecule has 202 valence electrons. The van der Waals surface area contributed by atoms with E-state index in [0.29, 0.717) is 46.9 Å². The first-order chi connectivity index (χ1) is 18.8. The molecule has 1 aromatic heterocycles. The van der Waals surface area contributed by atoms with E-state index < -0.39 is 5.92 Å². The number of ketones is 1. The summed E-state index contributed by atoms with van der Waals surface area (Å²) in [6.07, 6.45) is 1.01. The molecular formula is C31H32N2O5S. The molecule has 1 aliphatic carbocycles. The second-order valence-electron chi connectivity index (χ2n) is 9.76. The minimum atomic E-state index is -0.433. The first-order valence-electron chi connectivity index (χ1n) is 12.8. The normalized spacial score (nSPS) is 18.8. The van der Waals surface area contributed by atoms with Crippen LogP contribution in [0.15, 0.2) is 77.1 Å². The average Bonchev–Trinajstić information content (AvgIpc) is 3.37. The summed E-state index contributed by atoms with van der Waals surface area (Å²) in [6, 6.07) is 17.1. The predicted octanol–water partition coefficient (Wildman–Crippen LogP) is 6.08. The van der Waals surface area contributed by atoms with Gasteiger partial charge >= 0.3 is 0 Å². The Labute approximate surface area is 232 Å². The maximum atomic E-state index is 13.9. The fraction of sp³-hybridized carbons (Fsp3) is 0.290. The third-order valence-electron chi connectivity index (χ3n) is 7.34. The van der Waals surface area contributed by atoms with Crippen molar-refractivity contribution in [1.82, 2.24) is 5.32 Å². The first-order valence-corrected chi connectivity index (χ1v) is 13.6. The molecular weight excluding hydrogens is 512 g/mol. The summed E-state index contributed by atoms with van der Waals surface area (Å²) < 4.78 is 16.1. The molecule has 1 aliphatic heterocycles. The zero-order chi connectivity index (χ0) is 27.7. The highest BCUT2D eigenvalue weighted by atomic mass is 32.1. The SMILES string of the molecule is COc1ccc(NC(=O)C2=C(C)NC3=C(C(=O)C[C@@H](c4ccc(OC)c(OC)c4)C3)[C@H]2c2ccc(C)s2)cc1. The number of ether oxygens (including phenoxy) is 3. The van der Waals surface area contributed by atoms with Gasteiger partial charge in [0.05, 0.1) is 27.2 Å². The summed E-state index contributed by atoms with van der Waals surface area (Å²) in [4.78, 5) is 29.7. The van der Waals surface area contributed by atoms with Gasteiger partial charge in [0.2, 0.25) is 0 Å². The Hall–Kier alpha value is -4.04. The molecule has 0 unspecified atom stereocenters. The Balaban J connectivity index is 1.50. The van der Waals surface area contributed by atoms with Crippen LogP contribution in [0.4, 0.5) is 5.69 Å². The highest BCUT2D eigenvalue weighted by molar-refractivity contribution is 7.12. The fourth-order valence-corrected chi connectivity index (χ4v) is 6.45. The second-order valence-corrected chi connectivity index (χ2v) is 11.1. The van der Waals surface area contributed by atoms with Gasteiger partial charge in [-0.3, -0.25) is 9.59 Å². The number of hydrogen-bond acceptors (Lipinski definition) is 7. The number of Topliss-reactive ketones (excluding diaryl/α,β-unsaturated/α-hetero) is 1. The van der Waals surface area contributed by atoms with Gasteiger partial charge in [-0.05, 0) is 80.3 Å². The highest BCUT2D eigenvalue weighted by Crippen LogP contribution is 2.47. The van der Waals surface area contributed by atoms with Gasteiger partial charge in [0, 0.05) is 44.4 Å². The number of thiophene rings is 1. The second kappa shape index (κ2) is 11.0. The van der Waals surface area contributed by atoms with Crippen molar-refractivity contribution in [3.8, 4) is 17.2 Å². The smallest absolute Gasteiger partial charge is 0.254 e. The van der Waals surface area contributed by atoms with Gasteiger partial charge in [-0.1, -0.05) is 6.07 Å². The third kappa shape index (κ3) is 5.16. The van der Waals surface area contributed by atoms with Crippen molar-refractivity contribution in [2.24, 2.45) is 0 Å². The van der Waals surface area contributed by atoms with E-state index in [1.54, 1.807) is 56.9 Å². The molecule has 0 saturated carbocycles. The largest absolute Gasteiger partial charge is 0.497 e. The van der Waals surface area contributed by atoms with Gasteiger partial charge in [0.1, 0.15) is 5.75 Å². The van der Waals surface area contributed by atoms with Gasteiger partial charge in [-0.2, -0.15) is 0 Å². The van der Waals surface area contributed by atoms with Gasteiger partial charge in [-0.25, -0.2) is 0 Å². The number of nitrogens with one attached hydrogen (secondary N) is 2. The van der Waals surface area contributed by atoms with Crippen LogP contribution in [0.3, 0.4) is 0 Å². The van der Waals surface area contributed by atoms with E-state index in [9.17, 15) is 9.59 Å². The van der Waals surface area contributed by atoms with Crippen molar-refractivity contribution in [2.45, 2.75) is 38.5 Å². The van der Waals surface area contributed by atoms with Crippen molar-refractivity contribution in [3.05, 3.63) is 92.5 Å². The lowest BCUT2D eigenvalue weighted by atomic mass is 9.73. The monoisotopic (exact) mass is 544 g/mol. The summed E-state index contributed by atoms with van der Waals surface area (Å²) in [5.41, 5.74) is 4.54. The molecule has 8 heteroatoms. The van der Waals surface area contributed by atoms with Crippen LogP contribution < -0.4 is 24.8 Å². The van der Waals surface area contributed by atoms with E-state index in [2.05, 4.69) is 10.6 Å². The van der Waals surface area contributed by atoms with Crippen molar-refractivity contribution in [3.63, 3.8) is 0 Å². The molecule has 2 heterocycles. The number of benzene rings is 2. The number of rotatable bonds is 7. The molecule has 0 saturated heterocycles. The van der Waals surface area contributed by atoms with Gasteiger partial charge in [-0.15, -0.1) is 11.3 Å². The molecule has 0 fully saturated rings. The summed E-state index contributed by atoms with van der Waals surface area (Å²) in [7, 11) is 4.82. The highest BCUT2D eigenvalue weighted by Gasteiger charge is 2.41. The molecule has 0 spiro atoms. The quantitative estimate of drug-likeness (QED) is 0.375. The van der Waals surface area contributed by atoms with Crippen LogP contribution in [0.2, 0.25) is 0 Å². The number of carbonyl (C=O) groups excluding carboxylic acids is 2.